The summed E-state index contributed by atoms with van der Waals surface area (Å²) >= 11 is 3.65. The van der Waals surface area contributed by atoms with Crippen molar-refractivity contribution in [1.82, 2.24) is 0 Å². The van der Waals surface area contributed by atoms with Gasteiger partial charge < -0.3 is 18.6 Å². The summed E-state index contributed by atoms with van der Waals surface area (Å²) < 4.78 is 13.0. The zero-order chi connectivity index (χ0) is 56.9. The molecule has 12 aromatic carbocycles. The standard InChI is InChI=1S/C80H52N2O2S2/c1-3-13-57(14-4-1)75-49-51-77(85-75)59-33-45-65(46-34-59)82(66-47-35-60(36-48-66)78-52-50-76(86-78)58-15-5-2-6-16-58)62-39-27-54(28-40-62)53-25-37-61(38-26-53)81(63-41-29-55(30-42-63)67-19-11-21-71-69-17-7-9-23-73(69)83-79(67)71)64-43-31-56(32-44-64)68-20-12-22-72-70-18-8-10-24-74(70)84-80(68)72/h1-52H. The normalized spacial score (nSPS) is 11.5. The van der Waals surface area contributed by atoms with E-state index in [0.717, 1.165) is 111 Å². The molecule has 0 bridgehead atoms. The van der Waals surface area contributed by atoms with Gasteiger partial charge in [0.2, 0.25) is 0 Å². The van der Waals surface area contributed by atoms with Crippen LogP contribution in [0.3, 0.4) is 0 Å². The van der Waals surface area contributed by atoms with Gasteiger partial charge in [-0.15, -0.1) is 22.7 Å². The van der Waals surface area contributed by atoms with Crippen LogP contribution in [0.1, 0.15) is 0 Å². The number of thiophene rings is 2. The van der Waals surface area contributed by atoms with E-state index in [9.17, 15) is 0 Å². The first-order valence-corrected chi connectivity index (χ1v) is 30.6. The number of rotatable bonds is 13. The van der Waals surface area contributed by atoms with Gasteiger partial charge >= 0.3 is 0 Å². The van der Waals surface area contributed by atoms with Gasteiger partial charge in [0, 0.05) is 86.3 Å². The highest BCUT2D eigenvalue weighted by Gasteiger charge is 2.20. The van der Waals surface area contributed by atoms with E-state index in [0.29, 0.717) is 0 Å². The Labute approximate surface area is 506 Å². The smallest absolute Gasteiger partial charge is 0.143 e. The number of anilines is 6. The van der Waals surface area contributed by atoms with Crippen molar-refractivity contribution in [2.24, 2.45) is 0 Å². The van der Waals surface area contributed by atoms with Gasteiger partial charge in [-0.1, -0.05) is 206 Å². The lowest BCUT2D eigenvalue weighted by Crippen LogP contribution is -2.10. The largest absolute Gasteiger partial charge is 0.455 e. The third-order valence-corrected chi connectivity index (χ3v) is 18.8. The molecule has 4 aromatic heterocycles. The van der Waals surface area contributed by atoms with Gasteiger partial charge in [0.25, 0.3) is 0 Å². The summed E-state index contributed by atoms with van der Waals surface area (Å²) in [6.07, 6.45) is 0. The Hall–Kier alpha value is -10.8. The van der Waals surface area contributed by atoms with Crippen molar-refractivity contribution in [1.29, 1.82) is 0 Å². The van der Waals surface area contributed by atoms with E-state index in [4.69, 9.17) is 8.83 Å². The molecular formula is C80H52N2O2S2. The first kappa shape index (κ1) is 50.9. The third kappa shape index (κ3) is 9.44. The van der Waals surface area contributed by atoms with Crippen LogP contribution in [0.5, 0.6) is 0 Å². The van der Waals surface area contributed by atoms with E-state index in [2.05, 4.69) is 301 Å². The second-order valence-corrected chi connectivity index (χ2v) is 23.7. The lowest BCUT2D eigenvalue weighted by molar-refractivity contribution is 0.669. The molecular weight excluding hydrogens is 1090 g/mol. The molecule has 4 heterocycles. The van der Waals surface area contributed by atoms with Gasteiger partial charge in [-0.2, -0.15) is 0 Å². The van der Waals surface area contributed by atoms with Crippen molar-refractivity contribution in [3.63, 3.8) is 0 Å². The Balaban J connectivity index is 0.726. The zero-order valence-electron chi connectivity index (χ0n) is 46.5. The minimum Gasteiger partial charge on any atom is -0.455 e. The monoisotopic (exact) mass is 1140 g/mol. The van der Waals surface area contributed by atoms with Gasteiger partial charge in [-0.25, -0.2) is 0 Å². The van der Waals surface area contributed by atoms with Gasteiger partial charge in [0.05, 0.1) is 0 Å². The first-order valence-electron chi connectivity index (χ1n) is 28.9. The van der Waals surface area contributed by atoms with E-state index in [1.807, 2.05) is 46.9 Å². The number of para-hydroxylation sites is 4. The summed E-state index contributed by atoms with van der Waals surface area (Å²) in [5.41, 5.74) is 21.4. The number of nitrogens with zero attached hydrogens (tertiary/aromatic N) is 2. The summed E-state index contributed by atoms with van der Waals surface area (Å²) in [5, 5.41) is 4.48. The molecule has 0 fully saturated rings. The van der Waals surface area contributed by atoms with E-state index in [1.54, 1.807) is 0 Å². The molecule has 0 amide bonds. The molecule has 0 saturated carbocycles. The predicted octanol–water partition coefficient (Wildman–Crippen LogP) is 24.2. The molecule has 16 rings (SSSR count). The molecule has 6 heteroatoms. The number of hydrogen-bond acceptors (Lipinski definition) is 6. The van der Waals surface area contributed by atoms with Crippen molar-refractivity contribution in [3.8, 4) is 75.1 Å². The minimum absolute atomic E-state index is 0.891. The molecule has 0 unspecified atom stereocenters. The van der Waals surface area contributed by atoms with Gasteiger partial charge in [0.1, 0.15) is 22.3 Å². The summed E-state index contributed by atoms with van der Waals surface area (Å²) in [7, 11) is 0. The van der Waals surface area contributed by atoms with Crippen LogP contribution in [0.25, 0.3) is 119 Å². The molecule has 0 N–H and O–H groups in total. The van der Waals surface area contributed by atoms with E-state index >= 15 is 0 Å². The molecule has 0 aliphatic heterocycles. The maximum absolute atomic E-state index is 6.49. The van der Waals surface area contributed by atoms with Crippen LogP contribution in [0, 0.1) is 0 Å². The van der Waals surface area contributed by atoms with Crippen LogP contribution in [0.4, 0.5) is 34.1 Å². The number of hydrogen-bond donors (Lipinski definition) is 0. The van der Waals surface area contributed by atoms with Crippen molar-refractivity contribution in [2.75, 3.05) is 9.80 Å². The molecule has 0 spiro atoms. The molecule has 0 radical (unpaired) electrons. The first-order chi connectivity index (χ1) is 42.6. The van der Waals surface area contributed by atoms with Crippen LogP contribution < -0.4 is 9.80 Å². The van der Waals surface area contributed by atoms with Crippen molar-refractivity contribution in [2.45, 2.75) is 0 Å². The lowest BCUT2D eigenvalue weighted by Gasteiger charge is -2.27. The summed E-state index contributed by atoms with van der Waals surface area (Å²) in [5.74, 6) is 0. The van der Waals surface area contributed by atoms with Crippen LogP contribution in [-0.2, 0) is 0 Å². The molecule has 86 heavy (non-hydrogen) atoms. The Morgan fingerprint density at radius 2 is 0.465 bits per heavy atom. The summed E-state index contributed by atoms with van der Waals surface area (Å²) in [6, 6.07) is 113. The molecule has 406 valence electrons. The molecule has 0 saturated heterocycles. The Kier molecular flexibility index (Phi) is 12.9. The highest BCUT2D eigenvalue weighted by Crippen LogP contribution is 2.45. The van der Waals surface area contributed by atoms with Crippen LogP contribution >= 0.6 is 22.7 Å². The Bertz CT molecular complexity index is 4780. The van der Waals surface area contributed by atoms with Gasteiger partial charge in [0.15, 0.2) is 0 Å². The van der Waals surface area contributed by atoms with Crippen molar-refractivity contribution >= 4 is 101 Å². The Morgan fingerprint density at radius 1 is 0.198 bits per heavy atom. The zero-order valence-corrected chi connectivity index (χ0v) is 48.2. The van der Waals surface area contributed by atoms with Crippen LogP contribution in [0.2, 0.25) is 0 Å². The second-order valence-electron chi connectivity index (χ2n) is 21.6. The molecule has 16 aromatic rings. The number of benzene rings is 12. The highest BCUT2D eigenvalue weighted by molar-refractivity contribution is 7.19. The fraction of sp³-hybridized carbons (Fsp3) is 0. The van der Waals surface area contributed by atoms with E-state index < -0.39 is 0 Å². The summed E-state index contributed by atoms with van der Waals surface area (Å²) in [4.78, 5) is 9.70. The lowest BCUT2D eigenvalue weighted by atomic mass is 10.0. The van der Waals surface area contributed by atoms with Gasteiger partial charge in [-0.3, -0.25) is 0 Å². The van der Waals surface area contributed by atoms with Crippen LogP contribution in [-0.4, -0.2) is 0 Å². The van der Waals surface area contributed by atoms with Crippen LogP contribution in [0.15, 0.2) is 324 Å². The molecule has 0 aliphatic rings. The average molecular weight is 1140 g/mol. The Morgan fingerprint density at radius 3 is 0.802 bits per heavy atom. The topological polar surface area (TPSA) is 32.8 Å². The summed E-state index contributed by atoms with van der Waals surface area (Å²) in [6.45, 7) is 0. The van der Waals surface area contributed by atoms with E-state index in [-0.39, 0.29) is 0 Å². The van der Waals surface area contributed by atoms with Gasteiger partial charge in [-0.05, 0) is 154 Å². The SMILES string of the molecule is c1ccc(-c2ccc(-c3ccc(N(c4ccc(-c5ccc(N(c6ccc(-c7cccc8c7oc7ccccc78)cc6)c6ccc(-c7cccc8c7oc7ccccc78)cc6)cc5)cc4)c4ccc(-c5ccc(-c6ccccc6)s5)cc4)cc3)s2)cc1. The predicted molar refractivity (Wildman–Crippen MR) is 364 cm³/mol. The molecule has 0 atom stereocenters. The van der Waals surface area contributed by atoms with Crippen molar-refractivity contribution in [3.05, 3.63) is 315 Å². The third-order valence-electron chi connectivity index (χ3n) is 16.4. The maximum Gasteiger partial charge on any atom is 0.143 e. The minimum atomic E-state index is 0.891. The highest BCUT2D eigenvalue weighted by atomic mass is 32.1. The average Bonchev–Trinajstić information content (AvgIpc) is 2.75. The maximum atomic E-state index is 6.49. The number of furan rings is 2. The number of fused-ring (bicyclic) bond motifs is 6. The second kappa shape index (κ2) is 21.8. The molecule has 0 aliphatic carbocycles. The van der Waals surface area contributed by atoms with Crippen molar-refractivity contribution < 1.29 is 8.83 Å². The fourth-order valence-corrected chi connectivity index (χ4v) is 14.1. The molecule has 4 nitrogen and oxygen atoms in total. The van der Waals surface area contributed by atoms with E-state index in [1.165, 1.54) is 41.8 Å². The quantitative estimate of drug-likeness (QED) is 0.115. The fourth-order valence-electron chi connectivity index (χ4n) is 12.1.